The van der Waals surface area contributed by atoms with E-state index in [9.17, 15) is 9.90 Å². The molecule has 0 heterocycles. The fourth-order valence-corrected chi connectivity index (χ4v) is 2.57. The van der Waals surface area contributed by atoms with Crippen LogP contribution in [0.4, 0.5) is 0 Å². The number of unbranched alkanes of at least 4 members (excludes halogenated alkanes) is 1. The molecule has 0 bridgehead atoms. The van der Waals surface area contributed by atoms with Crippen LogP contribution in [0, 0.1) is 5.92 Å². The van der Waals surface area contributed by atoms with Crippen molar-refractivity contribution in [3.8, 4) is 0 Å². The third-order valence-corrected chi connectivity index (χ3v) is 3.55. The first kappa shape index (κ1) is 15.4. The highest BCUT2D eigenvalue weighted by molar-refractivity contribution is 5.71. The van der Waals surface area contributed by atoms with Gasteiger partial charge in [-0.1, -0.05) is 33.1 Å². The van der Waals surface area contributed by atoms with E-state index in [2.05, 4.69) is 19.2 Å². The molecule has 0 aromatic heterocycles. The molecule has 1 saturated carbocycles. The number of carbonyl (C=O) groups is 1. The first-order valence-corrected chi connectivity index (χ1v) is 7.14. The van der Waals surface area contributed by atoms with Gasteiger partial charge in [-0.15, -0.1) is 0 Å². The lowest BCUT2D eigenvalue weighted by atomic mass is 9.79. The van der Waals surface area contributed by atoms with Gasteiger partial charge in [-0.2, -0.15) is 0 Å². The summed E-state index contributed by atoms with van der Waals surface area (Å²) in [6.45, 7) is 5.41. The van der Waals surface area contributed by atoms with Crippen molar-refractivity contribution >= 4 is 5.97 Å². The van der Waals surface area contributed by atoms with Gasteiger partial charge in [0.05, 0.1) is 18.8 Å². The van der Waals surface area contributed by atoms with Crippen molar-refractivity contribution in [2.45, 2.75) is 58.0 Å². The van der Waals surface area contributed by atoms with Crippen LogP contribution < -0.4 is 5.32 Å². The zero-order chi connectivity index (χ0) is 13.4. The molecule has 1 aliphatic rings. The molecule has 2 unspecified atom stereocenters. The first-order valence-electron chi connectivity index (χ1n) is 7.14. The van der Waals surface area contributed by atoms with E-state index in [1.54, 1.807) is 0 Å². The molecule has 0 radical (unpaired) electrons. The Kier molecular flexibility index (Phi) is 6.65. The number of hydrogen-bond acceptors (Lipinski definition) is 4. The average molecular weight is 257 g/mol. The summed E-state index contributed by atoms with van der Waals surface area (Å²) in [4.78, 5) is 11.4. The number of nitrogens with one attached hydrogen (secondary N) is 1. The summed E-state index contributed by atoms with van der Waals surface area (Å²) in [5.41, 5.74) is -0.638. The van der Waals surface area contributed by atoms with E-state index in [-0.39, 0.29) is 12.5 Å². The second-order valence-corrected chi connectivity index (χ2v) is 5.60. The predicted molar refractivity (Wildman–Crippen MR) is 71.3 cm³/mol. The lowest BCUT2D eigenvalue weighted by Crippen LogP contribution is -2.45. The molecular formula is C14H27NO3. The maximum absolute atomic E-state index is 11.4. The molecule has 0 aromatic carbocycles. The smallest absolute Gasteiger partial charge is 0.319 e. The van der Waals surface area contributed by atoms with Crippen molar-refractivity contribution < 1.29 is 14.6 Å². The summed E-state index contributed by atoms with van der Waals surface area (Å²) in [5, 5.41) is 13.4. The monoisotopic (exact) mass is 257 g/mol. The minimum absolute atomic E-state index is 0.195. The molecule has 1 rings (SSSR count). The van der Waals surface area contributed by atoms with Crippen LogP contribution in [-0.4, -0.2) is 36.4 Å². The van der Waals surface area contributed by atoms with Crippen molar-refractivity contribution in [3.63, 3.8) is 0 Å². The number of aliphatic hydroxyl groups is 1. The molecule has 1 aliphatic carbocycles. The van der Waals surface area contributed by atoms with E-state index in [1.807, 2.05) is 0 Å². The molecule has 0 amide bonds. The van der Waals surface area contributed by atoms with Gasteiger partial charge < -0.3 is 15.2 Å². The third-order valence-electron chi connectivity index (χ3n) is 3.55. The Bertz CT molecular complexity index is 257. The number of carbonyl (C=O) groups excluding carboxylic acids is 1. The molecule has 0 spiro atoms. The zero-order valence-corrected chi connectivity index (χ0v) is 11.7. The Balaban J connectivity index is 2.14. The minimum Gasteiger partial charge on any atom is -0.465 e. The Morgan fingerprint density at radius 2 is 2.33 bits per heavy atom. The quantitative estimate of drug-likeness (QED) is 0.540. The van der Waals surface area contributed by atoms with Crippen molar-refractivity contribution in [2.24, 2.45) is 5.92 Å². The van der Waals surface area contributed by atoms with E-state index in [1.165, 1.54) is 6.42 Å². The second kappa shape index (κ2) is 7.74. The normalized spacial score (nSPS) is 28.1. The highest BCUT2D eigenvalue weighted by Crippen LogP contribution is 2.31. The second-order valence-electron chi connectivity index (χ2n) is 5.60. The molecule has 2 N–H and O–H groups in total. The van der Waals surface area contributed by atoms with Crippen molar-refractivity contribution in [1.82, 2.24) is 5.32 Å². The fourth-order valence-electron chi connectivity index (χ4n) is 2.57. The van der Waals surface area contributed by atoms with E-state index in [4.69, 9.17) is 4.74 Å². The lowest BCUT2D eigenvalue weighted by molar-refractivity contribution is -0.142. The van der Waals surface area contributed by atoms with Gasteiger partial charge in [-0.05, 0) is 25.2 Å². The van der Waals surface area contributed by atoms with Crippen LogP contribution in [0.3, 0.4) is 0 Å². The average Bonchev–Trinajstić information content (AvgIpc) is 2.28. The third kappa shape index (κ3) is 5.83. The van der Waals surface area contributed by atoms with Gasteiger partial charge in [0.2, 0.25) is 0 Å². The molecule has 4 heteroatoms. The van der Waals surface area contributed by atoms with Gasteiger partial charge in [0.1, 0.15) is 0 Å². The maximum Gasteiger partial charge on any atom is 0.319 e. The van der Waals surface area contributed by atoms with Crippen LogP contribution in [0.15, 0.2) is 0 Å². The van der Waals surface area contributed by atoms with Gasteiger partial charge >= 0.3 is 5.97 Å². The summed E-state index contributed by atoms with van der Waals surface area (Å²) in [5.74, 6) is 0.345. The van der Waals surface area contributed by atoms with Crippen molar-refractivity contribution in [2.75, 3.05) is 19.7 Å². The highest BCUT2D eigenvalue weighted by atomic mass is 16.5. The molecule has 0 aliphatic heterocycles. The number of rotatable bonds is 7. The number of esters is 1. The maximum atomic E-state index is 11.4. The van der Waals surface area contributed by atoms with Gasteiger partial charge in [-0.25, -0.2) is 0 Å². The summed E-state index contributed by atoms with van der Waals surface area (Å²) in [6.07, 6.45) is 5.85. The molecule has 0 saturated heterocycles. The van der Waals surface area contributed by atoms with Gasteiger partial charge in [0.25, 0.3) is 0 Å². The van der Waals surface area contributed by atoms with Crippen LogP contribution in [0.2, 0.25) is 0 Å². The first-order chi connectivity index (χ1) is 8.56. The summed E-state index contributed by atoms with van der Waals surface area (Å²) >= 11 is 0. The fraction of sp³-hybridized carbons (Fsp3) is 0.929. The van der Waals surface area contributed by atoms with Gasteiger partial charge in [0, 0.05) is 6.54 Å². The van der Waals surface area contributed by atoms with Crippen LogP contribution >= 0.6 is 0 Å². The summed E-state index contributed by atoms with van der Waals surface area (Å²) < 4.78 is 5.04. The van der Waals surface area contributed by atoms with Crippen LogP contribution in [0.1, 0.15) is 52.4 Å². The van der Waals surface area contributed by atoms with Crippen molar-refractivity contribution in [3.05, 3.63) is 0 Å². The summed E-state index contributed by atoms with van der Waals surface area (Å²) in [7, 11) is 0. The van der Waals surface area contributed by atoms with Gasteiger partial charge in [0.15, 0.2) is 0 Å². The topological polar surface area (TPSA) is 58.6 Å². The van der Waals surface area contributed by atoms with E-state index >= 15 is 0 Å². The molecule has 18 heavy (non-hydrogen) atoms. The van der Waals surface area contributed by atoms with Crippen LogP contribution in [0.25, 0.3) is 0 Å². The lowest BCUT2D eigenvalue weighted by Gasteiger charge is -2.35. The molecule has 0 aromatic rings. The zero-order valence-electron chi connectivity index (χ0n) is 11.7. The Morgan fingerprint density at radius 1 is 1.56 bits per heavy atom. The van der Waals surface area contributed by atoms with E-state index in [0.29, 0.717) is 19.1 Å². The van der Waals surface area contributed by atoms with Gasteiger partial charge in [-0.3, -0.25) is 4.79 Å². The SMILES string of the molecule is CCCCOC(=O)CNCC1(O)CCCC(C)C1. The largest absolute Gasteiger partial charge is 0.465 e. The molecular weight excluding hydrogens is 230 g/mol. The number of hydrogen-bond donors (Lipinski definition) is 2. The number of ether oxygens (including phenoxy) is 1. The predicted octanol–water partition coefficient (Wildman–Crippen LogP) is 1.86. The van der Waals surface area contributed by atoms with E-state index in [0.717, 1.165) is 32.1 Å². The standard InChI is InChI=1S/C14H27NO3/c1-3-4-8-18-13(16)10-15-11-14(17)7-5-6-12(2)9-14/h12,15,17H,3-11H2,1-2H3. The highest BCUT2D eigenvalue weighted by Gasteiger charge is 2.32. The molecule has 106 valence electrons. The Hall–Kier alpha value is -0.610. The van der Waals surface area contributed by atoms with Crippen molar-refractivity contribution in [1.29, 1.82) is 0 Å². The molecule has 1 fully saturated rings. The van der Waals surface area contributed by atoms with Crippen LogP contribution in [0.5, 0.6) is 0 Å². The minimum atomic E-state index is -0.638. The molecule has 4 nitrogen and oxygen atoms in total. The summed E-state index contributed by atoms with van der Waals surface area (Å²) in [6, 6.07) is 0. The Morgan fingerprint density at radius 3 is 3.00 bits per heavy atom. The molecule has 2 atom stereocenters. The van der Waals surface area contributed by atoms with Crippen LogP contribution in [-0.2, 0) is 9.53 Å². The van der Waals surface area contributed by atoms with E-state index < -0.39 is 5.60 Å². The Labute approximate surface area is 110 Å².